The molecule has 0 spiro atoms. The molecule has 3 heterocycles. The van der Waals surface area contributed by atoms with Crippen LogP contribution in [0.3, 0.4) is 0 Å². The molecular formula is C59H56N4O. The van der Waals surface area contributed by atoms with Crippen molar-refractivity contribution in [2.75, 3.05) is 16.5 Å². The van der Waals surface area contributed by atoms with E-state index in [9.17, 15) is 0 Å². The van der Waals surface area contributed by atoms with Crippen molar-refractivity contribution in [2.24, 2.45) is 0 Å². The van der Waals surface area contributed by atoms with Crippen molar-refractivity contribution < 1.29 is 4.74 Å². The van der Waals surface area contributed by atoms with Crippen LogP contribution in [0.1, 0.15) is 77.6 Å². The van der Waals surface area contributed by atoms with Gasteiger partial charge in [-0.25, -0.2) is 4.98 Å². The number of rotatable bonds is 8. The number of ether oxygens (including phenoxy) is 1. The normalized spacial score (nSPS) is 13.2. The van der Waals surface area contributed by atoms with Gasteiger partial charge in [-0.1, -0.05) is 146 Å². The highest BCUT2D eigenvalue weighted by Crippen LogP contribution is 2.48. The molecule has 5 heteroatoms. The van der Waals surface area contributed by atoms with Gasteiger partial charge in [0.2, 0.25) is 0 Å². The summed E-state index contributed by atoms with van der Waals surface area (Å²) in [6.45, 7) is 18.9. The van der Waals surface area contributed by atoms with E-state index in [0.717, 1.165) is 39.4 Å². The average molecular weight is 837 g/mol. The second kappa shape index (κ2) is 15.6. The molecular weight excluding hydrogens is 781 g/mol. The van der Waals surface area contributed by atoms with Crippen molar-refractivity contribution in [2.45, 2.75) is 71.6 Å². The topological polar surface area (TPSA) is 33.5 Å². The van der Waals surface area contributed by atoms with Crippen molar-refractivity contribution in [1.29, 1.82) is 0 Å². The van der Waals surface area contributed by atoms with E-state index in [1.165, 1.54) is 55.8 Å². The van der Waals surface area contributed by atoms with Crippen molar-refractivity contribution in [3.8, 4) is 28.4 Å². The predicted molar refractivity (Wildman–Crippen MR) is 269 cm³/mol. The quantitative estimate of drug-likeness (QED) is 0.153. The summed E-state index contributed by atoms with van der Waals surface area (Å²) in [6.07, 6.45) is 1.93. The SMILES string of the molecule is CC(C)(C)c1ccnc(-n2c3ccc(-c4ccccc4)cc3c3ccc(Oc4cccc(N5CN(c6cccc(C(C)(C)c7ccccc7)c6)c6cc(C(C)(C)C)ccc65)c4)cc32)c1. The Morgan fingerprint density at radius 3 is 1.84 bits per heavy atom. The number of benzene rings is 7. The Labute approximate surface area is 378 Å². The first-order chi connectivity index (χ1) is 30.7. The molecule has 0 fully saturated rings. The van der Waals surface area contributed by atoms with E-state index in [4.69, 9.17) is 9.72 Å². The van der Waals surface area contributed by atoms with Crippen molar-refractivity contribution >= 4 is 44.6 Å². The third-order valence-electron chi connectivity index (χ3n) is 13.1. The summed E-state index contributed by atoms with van der Waals surface area (Å²) in [7, 11) is 0. The summed E-state index contributed by atoms with van der Waals surface area (Å²) in [5, 5.41) is 2.32. The third-order valence-corrected chi connectivity index (χ3v) is 13.1. The molecule has 0 bridgehead atoms. The van der Waals surface area contributed by atoms with Crippen molar-refractivity contribution in [3.63, 3.8) is 0 Å². The maximum absolute atomic E-state index is 6.83. The van der Waals surface area contributed by atoms with E-state index < -0.39 is 0 Å². The fourth-order valence-electron chi connectivity index (χ4n) is 9.23. The van der Waals surface area contributed by atoms with E-state index in [-0.39, 0.29) is 16.2 Å². The van der Waals surface area contributed by atoms with Gasteiger partial charge < -0.3 is 14.5 Å². The van der Waals surface area contributed by atoms with Crippen molar-refractivity contribution in [3.05, 3.63) is 204 Å². The van der Waals surface area contributed by atoms with Crippen LogP contribution in [0.25, 0.3) is 38.8 Å². The molecule has 0 atom stereocenters. The van der Waals surface area contributed by atoms with Gasteiger partial charge in [-0.3, -0.25) is 4.57 Å². The molecule has 0 amide bonds. The van der Waals surface area contributed by atoms with Crippen LogP contribution in [0.4, 0.5) is 22.7 Å². The molecule has 2 aromatic heterocycles. The fraction of sp³-hybridized carbons (Fsp3) is 0.203. The van der Waals surface area contributed by atoms with E-state index in [1.54, 1.807) is 0 Å². The Morgan fingerprint density at radius 2 is 1.09 bits per heavy atom. The molecule has 1 aliphatic rings. The summed E-state index contributed by atoms with van der Waals surface area (Å²) in [6, 6.07) is 63.5. The van der Waals surface area contributed by atoms with Crippen LogP contribution >= 0.6 is 0 Å². The first kappa shape index (κ1) is 40.9. The zero-order valence-electron chi connectivity index (χ0n) is 38.2. The number of nitrogens with zero attached hydrogens (tertiary/aromatic N) is 4. The summed E-state index contributed by atoms with van der Waals surface area (Å²) in [5.41, 5.74) is 14.1. The molecule has 7 aromatic carbocycles. The molecule has 0 N–H and O–H groups in total. The average Bonchev–Trinajstić information content (AvgIpc) is 3.84. The third kappa shape index (κ3) is 7.49. The fourth-order valence-corrected chi connectivity index (χ4v) is 9.23. The number of anilines is 4. The number of fused-ring (bicyclic) bond motifs is 4. The number of aromatic nitrogens is 2. The van der Waals surface area contributed by atoms with Gasteiger partial charge in [-0.2, -0.15) is 0 Å². The molecule has 0 saturated carbocycles. The first-order valence-corrected chi connectivity index (χ1v) is 22.5. The predicted octanol–water partition coefficient (Wildman–Crippen LogP) is 15.8. The first-order valence-electron chi connectivity index (χ1n) is 22.5. The van der Waals surface area contributed by atoms with E-state index in [1.807, 2.05) is 6.20 Å². The van der Waals surface area contributed by atoms with Crippen LogP contribution in [0.5, 0.6) is 11.5 Å². The Morgan fingerprint density at radius 1 is 0.438 bits per heavy atom. The van der Waals surface area contributed by atoms with Crippen LogP contribution in [0.15, 0.2) is 182 Å². The van der Waals surface area contributed by atoms with Gasteiger partial charge in [0.05, 0.1) is 22.4 Å². The van der Waals surface area contributed by atoms with E-state index in [2.05, 4.69) is 246 Å². The van der Waals surface area contributed by atoms with Gasteiger partial charge in [0.25, 0.3) is 0 Å². The van der Waals surface area contributed by atoms with Crippen LogP contribution in [0, 0.1) is 0 Å². The van der Waals surface area contributed by atoms with Crippen LogP contribution in [-0.2, 0) is 16.2 Å². The molecule has 1 aliphatic heterocycles. The van der Waals surface area contributed by atoms with E-state index in [0.29, 0.717) is 6.67 Å². The Balaban J connectivity index is 1.03. The lowest BCUT2D eigenvalue weighted by atomic mass is 9.78. The second-order valence-electron chi connectivity index (χ2n) is 19.9. The lowest BCUT2D eigenvalue weighted by Crippen LogP contribution is -2.25. The standard InChI is InChI=1S/C59H56N4O/c1-57(2,3)43-26-30-53-55(35-43)62(46-22-15-21-45(34-46)59(7,8)42-19-13-10-14-20-42)39-61(53)47-23-16-24-48(37-47)64-49-27-28-50-51-33-41(40-17-11-9-12-18-40)25-29-52(51)63(54(50)38-49)56-36-44(31-32-60-56)58(4,5)6/h9-38H,39H2,1-8H3. The minimum Gasteiger partial charge on any atom is -0.457 e. The molecule has 5 nitrogen and oxygen atoms in total. The molecule has 0 unspecified atom stereocenters. The van der Waals surface area contributed by atoms with Gasteiger partial charge in [0.15, 0.2) is 0 Å². The molecule has 0 aliphatic carbocycles. The van der Waals surface area contributed by atoms with E-state index >= 15 is 0 Å². The van der Waals surface area contributed by atoms with Crippen LogP contribution in [0.2, 0.25) is 0 Å². The maximum atomic E-state index is 6.83. The lowest BCUT2D eigenvalue weighted by Gasteiger charge is -2.29. The Bertz CT molecular complexity index is 3170. The second-order valence-corrected chi connectivity index (χ2v) is 19.9. The molecule has 64 heavy (non-hydrogen) atoms. The zero-order chi connectivity index (χ0) is 44.4. The highest BCUT2D eigenvalue weighted by atomic mass is 16.5. The minimum atomic E-state index is -0.159. The highest BCUT2D eigenvalue weighted by Gasteiger charge is 2.32. The lowest BCUT2D eigenvalue weighted by molar-refractivity contribution is 0.483. The number of hydrogen-bond donors (Lipinski definition) is 0. The van der Waals surface area contributed by atoms with Gasteiger partial charge >= 0.3 is 0 Å². The molecule has 10 rings (SSSR count). The molecule has 318 valence electrons. The summed E-state index contributed by atoms with van der Waals surface area (Å²) >= 11 is 0. The van der Waals surface area contributed by atoms with Crippen LogP contribution in [-0.4, -0.2) is 16.2 Å². The Kier molecular flexibility index (Phi) is 9.98. The summed E-state index contributed by atoms with van der Waals surface area (Å²) in [4.78, 5) is 9.82. The molecule has 0 saturated heterocycles. The summed E-state index contributed by atoms with van der Waals surface area (Å²) < 4.78 is 9.12. The molecule has 0 radical (unpaired) electrons. The maximum Gasteiger partial charge on any atom is 0.137 e. The monoisotopic (exact) mass is 836 g/mol. The van der Waals surface area contributed by atoms with Crippen molar-refractivity contribution in [1.82, 2.24) is 9.55 Å². The number of hydrogen-bond acceptors (Lipinski definition) is 4. The van der Waals surface area contributed by atoms with Gasteiger partial charge in [-0.15, -0.1) is 0 Å². The minimum absolute atomic E-state index is 0.00146. The summed E-state index contributed by atoms with van der Waals surface area (Å²) in [5.74, 6) is 2.43. The Hall–Kier alpha value is -7.11. The largest absolute Gasteiger partial charge is 0.457 e. The van der Waals surface area contributed by atoms with Gasteiger partial charge in [-0.05, 0) is 117 Å². The zero-order valence-corrected chi connectivity index (χ0v) is 38.2. The van der Waals surface area contributed by atoms with Crippen LogP contribution < -0.4 is 14.5 Å². The van der Waals surface area contributed by atoms with Gasteiger partial charge in [0.1, 0.15) is 24.0 Å². The highest BCUT2D eigenvalue weighted by molar-refractivity contribution is 6.10. The number of pyridine rings is 1. The molecule has 9 aromatic rings. The van der Waals surface area contributed by atoms with Gasteiger partial charge in [0, 0.05) is 45.9 Å². The smallest absolute Gasteiger partial charge is 0.137 e.